The fourth-order valence-corrected chi connectivity index (χ4v) is 3.63. The number of rotatable bonds is 7. The van der Waals surface area contributed by atoms with E-state index in [-0.39, 0.29) is 11.7 Å². The van der Waals surface area contributed by atoms with Gasteiger partial charge in [0.2, 0.25) is 0 Å². The monoisotopic (exact) mass is 412 g/mol. The summed E-state index contributed by atoms with van der Waals surface area (Å²) in [6, 6.07) is 21.8. The van der Waals surface area contributed by atoms with Crippen molar-refractivity contribution in [3.8, 4) is 17.3 Å². The van der Waals surface area contributed by atoms with Crippen LogP contribution in [0.1, 0.15) is 24.0 Å². The van der Waals surface area contributed by atoms with Gasteiger partial charge in [-0.15, -0.1) is 0 Å². The number of nitrogens with one attached hydrogen (secondary N) is 1. The van der Waals surface area contributed by atoms with E-state index in [0.29, 0.717) is 13.1 Å². The van der Waals surface area contributed by atoms with Crippen molar-refractivity contribution in [1.29, 1.82) is 5.26 Å². The molecule has 1 fully saturated rings. The SMILES string of the molecule is N#C/C(=C\c1cn(Cc2ccccc2)nc1-c1ccccc1)C(=O)NC[C@@H]1CCCO1. The Bertz CT molecular complexity index is 1090. The number of carbonyl (C=O) groups excluding carboxylic acids is 1. The summed E-state index contributed by atoms with van der Waals surface area (Å²) in [5.41, 5.74) is 3.56. The quantitative estimate of drug-likeness (QED) is 0.473. The second-order valence-corrected chi connectivity index (χ2v) is 7.50. The number of amides is 1. The van der Waals surface area contributed by atoms with Crippen LogP contribution in [0.15, 0.2) is 72.4 Å². The first-order valence-corrected chi connectivity index (χ1v) is 10.4. The Hall–Kier alpha value is -3.69. The zero-order chi connectivity index (χ0) is 21.5. The molecule has 0 unspecified atom stereocenters. The molecule has 3 aromatic rings. The van der Waals surface area contributed by atoms with Crippen LogP contribution in [0.4, 0.5) is 0 Å². The number of nitriles is 1. The van der Waals surface area contributed by atoms with Crippen molar-refractivity contribution >= 4 is 12.0 Å². The van der Waals surface area contributed by atoms with Crippen LogP contribution in [-0.2, 0) is 16.1 Å². The number of nitrogens with zero attached hydrogens (tertiary/aromatic N) is 3. The van der Waals surface area contributed by atoms with E-state index < -0.39 is 5.91 Å². The van der Waals surface area contributed by atoms with Crippen LogP contribution in [0, 0.1) is 11.3 Å². The second kappa shape index (κ2) is 9.88. The van der Waals surface area contributed by atoms with E-state index in [0.717, 1.165) is 41.8 Å². The van der Waals surface area contributed by atoms with Crippen molar-refractivity contribution in [3.05, 3.63) is 83.6 Å². The van der Waals surface area contributed by atoms with Crippen LogP contribution in [0.25, 0.3) is 17.3 Å². The highest BCUT2D eigenvalue weighted by Gasteiger charge is 2.18. The number of benzene rings is 2. The van der Waals surface area contributed by atoms with Crippen LogP contribution >= 0.6 is 0 Å². The van der Waals surface area contributed by atoms with E-state index in [9.17, 15) is 10.1 Å². The molecule has 2 aromatic carbocycles. The van der Waals surface area contributed by atoms with Gasteiger partial charge in [0.15, 0.2) is 0 Å². The Balaban J connectivity index is 1.61. The number of aromatic nitrogens is 2. The molecule has 0 radical (unpaired) electrons. The molecule has 1 aromatic heterocycles. The molecule has 1 N–H and O–H groups in total. The Kier molecular flexibility index (Phi) is 6.56. The normalized spacial score (nSPS) is 16.1. The van der Waals surface area contributed by atoms with E-state index in [1.807, 2.05) is 77.6 Å². The van der Waals surface area contributed by atoms with Crippen LogP contribution in [0.2, 0.25) is 0 Å². The molecule has 0 aliphatic carbocycles. The molecule has 31 heavy (non-hydrogen) atoms. The van der Waals surface area contributed by atoms with Crippen LogP contribution in [-0.4, -0.2) is 34.9 Å². The first-order valence-electron chi connectivity index (χ1n) is 10.4. The highest BCUT2D eigenvalue weighted by atomic mass is 16.5. The molecule has 1 aliphatic rings. The zero-order valence-corrected chi connectivity index (χ0v) is 17.2. The first-order chi connectivity index (χ1) is 15.2. The van der Waals surface area contributed by atoms with Gasteiger partial charge in [-0.1, -0.05) is 60.7 Å². The Morgan fingerprint density at radius 2 is 1.94 bits per heavy atom. The lowest BCUT2D eigenvalue weighted by Gasteiger charge is -2.10. The van der Waals surface area contributed by atoms with Crippen LogP contribution in [0.5, 0.6) is 0 Å². The number of hydrogen-bond acceptors (Lipinski definition) is 4. The Morgan fingerprint density at radius 1 is 1.19 bits per heavy atom. The molecule has 1 atom stereocenters. The smallest absolute Gasteiger partial charge is 0.262 e. The fourth-order valence-electron chi connectivity index (χ4n) is 3.63. The summed E-state index contributed by atoms with van der Waals surface area (Å²) in [4.78, 5) is 12.6. The second-order valence-electron chi connectivity index (χ2n) is 7.50. The van der Waals surface area contributed by atoms with E-state index in [2.05, 4.69) is 5.32 Å². The van der Waals surface area contributed by atoms with Gasteiger partial charge < -0.3 is 10.1 Å². The van der Waals surface area contributed by atoms with Gasteiger partial charge in [0.1, 0.15) is 11.6 Å². The van der Waals surface area contributed by atoms with Crippen molar-refractivity contribution in [2.45, 2.75) is 25.5 Å². The molecule has 1 aliphatic heterocycles. The third-order valence-corrected chi connectivity index (χ3v) is 5.20. The summed E-state index contributed by atoms with van der Waals surface area (Å²) in [5, 5.41) is 17.2. The number of carbonyl (C=O) groups is 1. The van der Waals surface area contributed by atoms with Crippen LogP contribution < -0.4 is 5.32 Å². The lowest BCUT2D eigenvalue weighted by molar-refractivity contribution is -0.117. The topological polar surface area (TPSA) is 79.9 Å². The third kappa shape index (κ3) is 5.27. The van der Waals surface area contributed by atoms with Gasteiger partial charge in [-0.2, -0.15) is 10.4 Å². The molecule has 2 heterocycles. The van der Waals surface area contributed by atoms with Gasteiger partial charge in [0.25, 0.3) is 5.91 Å². The first kappa shape index (κ1) is 20.6. The molecular formula is C25H24N4O2. The maximum atomic E-state index is 12.6. The minimum absolute atomic E-state index is 0.0254. The van der Waals surface area contributed by atoms with E-state index in [4.69, 9.17) is 9.84 Å². The Morgan fingerprint density at radius 3 is 2.61 bits per heavy atom. The van der Waals surface area contributed by atoms with Crippen molar-refractivity contribution in [2.75, 3.05) is 13.2 Å². The maximum Gasteiger partial charge on any atom is 0.262 e. The van der Waals surface area contributed by atoms with Crippen molar-refractivity contribution < 1.29 is 9.53 Å². The van der Waals surface area contributed by atoms with Gasteiger partial charge >= 0.3 is 0 Å². The van der Waals surface area contributed by atoms with Gasteiger partial charge in [-0.25, -0.2) is 0 Å². The molecular weight excluding hydrogens is 388 g/mol. The van der Waals surface area contributed by atoms with Crippen molar-refractivity contribution in [3.63, 3.8) is 0 Å². The number of ether oxygens (including phenoxy) is 1. The Labute approximate surface area is 181 Å². The summed E-state index contributed by atoms with van der Waals surface area (Å²) in [7, 11) is 0. The standard InChI is InChI=1S/C25H24N4O2/c26-15-21(25(30)27-16-23-12-7-13-31-23)14-22-18-29(17-19-8-3-1-4-9-19)28-24(22)20-10-5-2-6-11-20/h1-6,8-11,14,18,23H,7,12-13,16-17H2,(H,27,30)/b21-14+/t23-/m0/s1. The molecule has 0 saturated carbocycles. The summed E-state index contributed by atoms with van der Waals surface area (Å²) in [6.07, 6.45) is 5.44. The highest BCUT2D eigenvalue weighted by Crippen LogP contribution is 2.24. The van der Waals surface area contributed by atoms with Gasteiger partial charge in [0, 0.05) is 30.5 Å². The third-order valence-electron chi connectivity index (χ3n) is 5.20. The summed E-state index contributed by atoms with van der Waals surface area (Å²) < 4.78 is 7.38. The van der Waals surface area contributed by atoms with Gasteiger partial charge in [0.05, 0.1) is 18.3 Å². The van der Waals surface area contributed by atoms with E-state index >= 15 is 0 Å². The molecule has 0 spiro atoms. The largest absolute Gasteiger partial charge is 0.376 e. The van der Waals surface area contributed by atoms with E-state index in [1.165, 1.54) is 0 Å². The highest BCUT2D eigenvalue weighted by molar-refractivity contribution is 6.02. The minimum Gasteiger partial charge on any atom is -0.376 e. The summed E-state index contributed by atoms with van der Waals surface area (Å²) >= 11 is 0. The van der Waals surface area contributed by atoms with Crippen molar-refractivity contribution in [2.24, 2.45) is 0 Å². The molecule has 0 bridgehead atoms. The average molecular weight is 412 g/mol. The lowest BCUT2D eigenvalue weighted by Crippen LogP contribution is -2.32. The molecule has 4 rings (SSSR count). The van der Waals surface area contributed by atoms with Gasteiger partial charge in [-0.3, -0.25) is 9.48 Å². The minimum atomic E-state index is -0.396. The molecule has 6 nitrogen and oxygen atoms in total. The predicted octanol–water partition coefficient (Wildman–Crippen LogP) is 3.80. The van der Waals surface area contributed by atoms with E-state index in [1.54, 1.807) is 6.08 Å². The predicted molar refractivity (Wildman–Crippen MR) is 119 cm³/mol. The van der Waals surface area contributed by atoms with Crippen molar-refractivity contribution in [1.82, 2.24) is 15.1 Å². The molecule has 1 amide bonds. The molecule has 156 valence electrons. The lowest BCUT2D eigenvalue weighted by atomic mass is 10.1. The summed E-state index contributed by atoms with van der Waals surface area (Å²) in [6.45, 7) is 1.74. The maximum absolute atomic E-state index is 12.6. The summed E-state index contributed by atoms with van der Waals surface area (Å²) in [5.74, 6) is -0.396. The number of hydrogen-bond donors (Lipinski definition) is 1. The molecule has 6 heteroatoms. The average Bonchev–Trinajstić information content (AvgIpc) is 3.47. The zero-order valence-electron chi connectivity index (χ0n) is 17.2. The van der Waals surface area contributed by atoms with Gasteiger partial charge in [-0.05, 0) is 24.5 Å². The van der Waals surface area contributed by atoms with Crippen LogP contribution in [0.3, 0.4) is 0 Å². The fraction of sp³-hybridized carbons (Fsp3) is 0.240. The molecule has 1 saturated heterocycles.